The number of hydrogen-bond acceptors (Lipinski definition) is 26. The maximum absolute atomic E-state index is 12.7. The van der Waals surface area contributed by atoms with Gasteiger partial charge in [-0.2, -0.15) is 0 Å². The van der Waals surface area contributed by atoms with Gasteiger partial charge in [0.25, 0.3) is 0 Å². The number of carbonyl (C=O) groups is 10. The zero-order valence-electron chi connectivity index (χ0n) is 72.8. The molecule has 38 heteroatoms. The monoisotopic (exact) mass is 1980 g/mol. The Bertz CT molecular complexity index is 5050. The third-order valence-electron chi connectivity index (χ3n) is 15.0. The van der Waals surface area contributed by atoms with E-state index in [9.17, 15) is 78.3 Å². The maximum Gasteiger partial charge on any atom is 0.519 e. The molecule has 0 aliphatic carbocycles. The number of nitrogens with one attached hydrogen (secondary N) is 3. The van der Waals surface area contributed by atoms with E-state index in [1.807, 2.05) is 103 Å². The highest BCUT2D eigenvalue weighted by Gasteiger charge is 2.30. The van der Waals surface area contributed by atoms with E-state index in [0.29, 0.717) is 23.1 Å². The van der Waals surface area contributed by atoms with E-state index in [1.54, 1.807) is 140 Å². The molecule has 0 saturated carbocycles. The number of hydrogen-bond donors (Lipinski definition) is 8. The molecular formula is C89H122Br2ClN5O27S3. The highest BCUT2D eigenvalue weighted by molar-refractivity contribution is 9.10. The standard InChI is InChI=1S/C22H27NO6S.C17H19NO4S.C15H21NO6S.C14H18BrNO4.C10H18O5.C9H10BrNO2.2CH4.ClH/c1-22(2,3)29-21(25)23-19(20(24)28-15-16-9-6-5-7-10-16)14-17-11-8-12-18(13-17)30(4,26)27;1-23(20,21)15-9-5-8-14(10-15)11-16(18)17(19)22-12-13-6-3-2-4-7-13;1-15(2,3)22-14(19)16-12(13(17)18)9-10-6-5-7-11(8-10)23(4,20)21;1-14(2,3)20-13(19)16-11(12(17)18)8-9-5-4-6-10(15)7-9;1-9(2,3)14-7(11)13-8(12)15-10(4,5)6;10-7-3-1-2-6(4-7)5-8(11)9(12)13;;;/h5-13,19H,14-15H2,1-4H3,(H,23,25);2-10,16H,11-12,18H2,1H3;5-8,12H,9H2,1-4H3,(H,16,19)(H,17,18);4-7,11H,8H2,1-3H3,(H,16,19)(H,17,18);1-6H3;1-4,8H,5,11H2,(H,12,13);2*1H4;1H/t19-;16-;12-;11-;;8-;;;/m0000.0.../s1. The number of alkyl carbamates (subject to hydrolysis) is 3. The van der Waals surface area contributed by atoms with E-state index in [0.717, 1.165) is 50.0 Å². The van der Waals surface area contributed by atoms with Gasteiger partial charge >= 0.3 is 60.4 Å². The van der Waals surface area contributed by atoms with Gasteiger partial charge in [-0.25, -0.2) is 63.6 Å². The van der Waals surface area contributed by atoms with Gasteiger partial charge in [0.15, 0.2) is 29.5 Å². The molecule has 0 unspecified atom stereocenters. The Balaban J connectivity index is 0. The fourth-order valence-electron chi connectivity index (χ4n) is 9.64. The number of rotatable bonds is 25. The predicted molar refractivity (Wildman–Crippen MR) is 491 cm³/mol. The lowest BCUT2D eigenvalue weighted by molar-refractivity contribution is -0.148. The Morgan fingerprint density at radius 1 is 0.339 bits per heavy atom. The minimum atomic E-state index is -3.40. The van der Waals surface area contributed by atoms with Crippen LogP contribution in [0.1, 0.15) is 158 Å². The van der Waals surface area contributed by atoms with Gasteiger partial charge < -0.3 is 80.6 Å². The molecule has 0 aromatic heterocycles. The Morgan fingerprint density at radius 3 is 0.874 bits per heavy atom. The summed E-state index contributed by atoms with van der Waals surface area (Å²) in [5.74, 6) is -4.47. The third kappa shape index (κ3) is 55.0. The molecule has 0 aliphatic heterocycles. The quantitative estimate of drug-likeness (QED) is 0.0150. The van der Waals surface area contributed by atoms with Crippen LogP contribution >= 0.6 is 44.3 Å². The Morgan fingerprint density at radius 2 is 0.591 bits per heavy atom. The lowest BCUT2D eigenvalue weighted by atomic mass is 10.1. The minimum absolute atomic E-state index is 0. The Labute approximate surface area is 768 Å². The van der Waals surface area contributed by atoms with E-state index in [4.69, 9.17) is 54.8 Å². The average molecular weight is 1990 g/mol. The average Bonchev–Trinajstić information content (AvgIpc) is 0.856. The van der Waals surface area contributed by atoms with Crippen molar-refractivity contribution in [3.05, 3.63) is 230 Å². The second-order valence-corrected chi connectivity index (χ2v) is 40.5. The number of sulfone groups is 3. The van der Waals surface area contributed by atoms with Crippen molar-refractivity contribution < 1.29 is 126 Å². The molecule has 7 aromatic rings. The van der Waals surface area contributed by atoms with Crippen LogP contribution < -0.4 is 27.4 Å². The van der Waals surface area contributed by atoms with Gasteiger partial charge in [-0.1, -0.05) is 168 Å². The van der Waals surface area contributed by atoms with Gasteiger partial charge in [0, 0.05) is 47.0 Å². The van der Waals surface area contributed by atoms with Crippen LogP contribution in [0.5, 0.6) is 0 Å². The van der Waals surface area contributed by atoms with Crippen LogP contribution in [-0.4, -0.2) is 178 Å². The van der Waals surface area contributed by atoms with Crippen molar-refractivity contribution >= 4 is 134 Å². The summed E-state index contributed by atoms with van der Waals surface area (Å²) in [4.78, 5) is 116. The molecule has 127 heavy (non-hydrogen) atoms. The van der Waals surface area contributed by atoms with Crippen molar-refractivity contribution in [2.75, 3.05) is 18.8 Å². The lowest BCUT2D eigenvalue weighted by Gasteiger charge is -2.23. The second-order valence-electron chi connectivity index (χ2n) is 32.6. The molecule has 32 nitrogen and oxygen atoms in total. The van der Waals surface area contributed by atoms with E-state index in [2.05, 4.69) is 52.5 Å². The van der Waals surface area contributed by atoms with Gasteiger partial charge in [-0.3, -0.25) is 9.59 Å². The van der Waals surface area contributed by atoms with Crippen LogP contribution in [0.15, 0.2) is 206 Å². The number of esters is 2. The van der Waals surface area contributed by atoms with E-state index >= 15 is 0 Å². The number of aliphatic carboxylic acids is 3. The maximum atomic E-state index is 12.7. The first kappa shape index (κ1) is 119. The molecule has 0 saturated heterocycles. The predicted octanol–water partition coefficient (Wildman–Crippen LogP) is 15.5. The van der Waals surface area contributed by atoms with E-state index in [1.165, 1.54) is 42.5 Å². The summed E-state index contributed by atoms with van der Waals surface area (Å²) >= 11 is 6.62. The highest BCUT2D eigenvalue weighted by atomic mass is 79.9. The molecule has 704 valence electrons. The molecule has 0 radical (unpaired) electrons. The summed E-state index contributed by atoms with van der Waals surface area (Å²) in [6, 6.07) is 46.8. The minimum Gasteiger partial charge on any atom is -0.480 e. The normalized spacial score (nSPS) is 12.3. The van der Waals surface area contributed by atoms with Gasteiger partial charge in [0.1, 0.15) is 71.4 Å². The van der Waals surface area contributed by atoms with Crippen molar-refractivity contribution in [2.45, 2.75) is 237 Å². The lowest BCUT2D eigenvalue weighted by Crippen LogP contribution is -2.45. The van der Waals surface area contributed by atoms with Gasteiger partial charge in [-0.15, -0.1) is 12.4 Å². The number of carbonyl (C=O) groups excluding carboxylic acids is 7. The molecule has 3 amide bonds. The van der Waals surface area contributed by atoms with E-state index < -0.39 is 148 Å². The van der Waals surface area contributed by atoms with Gasteiger partial charge in [-0.05, 0) is 216 Å². The van der Waals surface area contributed by atoms with Crippen molar-refractivity contribution in [1.29, 1.82) is 0 Å². The molecule has 0 bridgehead atoms. The highest BCUT2D eigenvalue weighted by Crippen LogP contribution is 2.21. The summed E-state index contributed by atoms with van der Waals surface area (Å²) in [6.07, 6.45) is -0.383. The number of benzene rings is 7. The number of ether oxygens (including phenoxy) is 8. The summed E-state index contributed by atoms with van der Waals surface area (Å²) in [7, 11) is -10.1. The molecular weight excluding hydrogens is 1860 g/mol. The van der Waals surface area contributed by atoms with Crippen LogP contribution in [-0.2, 0) is 137 Å². The first-order valence-electron chi connectivity index (χ1n) is 38.0. The summed E-state index contributed by atoms with van der Waals surface area (Å²) in [6.45, 7) is 25.5. The second kappa shape index (κ2) is 54.6. The summed E-state index contributed by atoms with van der Waals surface area (Å²) in [5.41, 5.74) is 12.8. The van der Waals surface area contributed by atoms with Crippen molar-refractivity contribution in [1.82, 2.24) is 16.0 Å². The molecule has 5 atom stereocenters. The number of halogens is 3. The van der Waals surface area contributed by atoms with Crippen LogP contribution in [0, 0.1) is 0 Å². The molecule has 7 aromatic carbocycles. The van der Waals surface area contributed by atoms with Crippen LogP contribution in [0.25, 0.3) is 0 Å². The van der Waals surface area contributed by atoms with Crippen LogP contribution in [0.2, 0.25) is 0 Å². The van der Waals surface area contributed by atoms with Crippen molar-refractivity contribution in [3.8, 4) is 0 Å². The molecule has 0 fully saturated rings. The van der Waals surface area contributed by atoms with Gasteiger partial charge in [0.05, 0.1) is 14.7 Å². The van der Waals surface area contributed by atoms with Crippen molar-refractivity contribution in [2.24, 2.45) is 11.5 Å². The van der Waals surface area contributed by atoms with Gasteiger partial charge in [0.2, 0.25) is 0 Å². The molecule has 7 rings (SSSR count). The molecule has 0 spiro atoms. The smallest absolute Gasteiger partial charge is 0.480 e. The van der Waals surface area contributed by atoms with Crippen LogP contribution in [0.4, 0.5) is 24.0 Å². The van der Waals surface area contributed by atoms with E-state index in [-0.39, 0.29) is 80.8 Å². The number of carboxylic acids is 3. The topological polar surface area (TPSA) is 496 Å². The first-order valence-corrected chi connectivity index (χ1v) is 45.3. The number of carboxylic acid groups (broad SMARTS) is 3. The molecule has 10 N–H and O–H groups in total. The Hall–Kier alpha value is -10.5. The van der Waals surface area contributed by atoms with Crippen molar-refractivity contribution in [3.63, 3.8) is 0 Å². The Kier molecular flexibility index (Phi) is 50.9. The fraction of sp³-hybridized carbons (Fsp3) is 0.416. The zero-order valence-corrected chi connectivity index (χ0v) is 79.3. The first-order chi connectivity index (χ1) is 56.9. The molecule has 0 aliphatic rings. The SMILES string of the molecule is C.C.CC(C)(C)OC(=O)N[C@@H](Cc1cccc(Br)c1)C(=O)O.CC(C)(C)OC(=O)N[C@@H](Cc1cccc(S(C)(=O)=O)c1)C(=O)O.CC(C)(C)OC(=O)N[C@@H](Cc1cccc(S(C)(=O)=O)c1)C(=O)OCc1ccccc1.CC(C)(C)OC(=O)OC(=O)OC(C)(C)C.CS(=O)(=O)c1cccc(C[C@H](N)C(=O)OCc2ccccc2)c1.Cl.N[C@@H](Cc1cccc(Br)c1)C(=O)O. The summed E-state index contributed by atoms with van der Waals surface area (Å²) in [5, 5.41) is 34.1. The molecule has 0 heterocycles. The zero-order chi connectivity index (χ0) is 94.5. The third-order valence-corrected chi connectivity index (χ3v) is 19.3. The summed E-state index contributed by atoms with van der Waals surface area (Å²) < 4.78 is 111. The van der Waals surface area contributed by atoms with Crippen LogP contribution in [0.3, 0.4) is 0 Å². The number of nitrogens with two attached hydrogens (primary N) is 2. The fourth-order valence-corrected chi connectivity index (χ4v) is 12.6. The number of amides is 3. The largest absolute Gasteiger partial charge is 0.519 e.